The van der Waals surface area contributed by atoms with Crippen molar-refractivity contribution >= 4 is 5.91 Å². The van der Waals surface area contributed by atoms with E-state index in [1.165, 1.54) is 4.90 Å². The Morgan fingerprint density at radius 2 is 2.21 bits per heavy atom. The summed E-state index contributed by atoms with van der Waals surface area (Å²) in [6.07, 6.45) is -0.0432. The molecule has 14 heavy (non-hydrogen) atoms. The van der Waals surface area contributed by atoms with E-state index in [2.05, 4.69) is 5.32 Å². The number of rotatable bonds is 4. The van der Waals surface area contributed by atoms with Gasteiger partial charge >= 0.3 is 0 Å². The molecule has 1 aliphatic rings. The number of nitrogens with zero attached hydrogens (tertiary/aromatic N) is 1. The molecule has 1 aliphatic heterocycles. The minimum atomic E-state index is -0.180. The van der Waals surface area contributed by atoms with Gasteiger partial charge in [0.15, 0.2) is 0 Å². The molecule has 0 spiro atoms. The molecule has 0 atom stereocenters. The van der Waals surface area contributed by atoms with E-state index in [9.17, 15) is 4.79 Å². The van der Waals surface area contributed by atoms with Gasteiger partial charge in [0.2, 0.25) is 5.91 Å². The van der Waals surface area contributed by atoms with Crippen LogP contribution in [-0.2, 0) is 9.53 Å². The van der Waals surface area contributed by atoms with Crippen LogP contribution in [0.4, 0.5) is 0 Å². The SMILES string of the molecule is N#CCC(=O)NCC[NH+]1CCOCC1. The van der Waals surface area contributed by atoms with Gasteiger partial charge in [0.1, 0.15) is 19.5 Å². The molecule has 1 amide bonds. The minimum absolute atomic E-state index is 0.0432. The average molecular weight is 198 g/mol. The summed E-state index contributed by atoms with van der Waals surface area (Å²) < 4.78 is 5.21. The second-order valence-corrected chi connectivity index (χ2v) is 3.30. The number of nitrogens with one attached hydrogen (secondary N) is 2. The Morgan fingerprint density at radius 1 is 1.50 bits per heavy atom. The van der Waals surface area contributed by atoms with Crippen molar-refractivity contribution in [2.75, 3.05) is 39.4 Å². The van der Waals surface area contributed by atoms with Crippen molar-refractivity contribution < 1.29 is 14.4 Å². The molecular formula is C9H16N3O2+. The van der Waals surface area contributed by atoms with Gasteiger partial charge < -0.3 is 15.0 Å². The fraction of sp³-hybridized carbons (Fsp3) is 0.778. The molecule has 78 valence electrons. The van der Waals surface area contributed by atoms with Gasteiger partial charge in [0, 0.05) is 0 Å². The van der Waals surface area contributed by atoms with Crippen LogP contribution < -0.4 is 10.2 Å². The maximum atomic E-state index is 10.9. The molecule has 0 bridgehead atoms. The van der Waals surface area contributed by atoms with Gasteiger partial charge in [-0.2, -0.15) is 5.26 Å². The van der Waals surface area contributed by atoms with E-state index in [4.69, 9.17) is 10.00 Å². The predicted octanol–water partition coefficient (Wildman–Crippen LogP) is -2.07. The minimum Gasteiger partial charge on any atom is -0.370 e. The topological polar surface area (TPSA) is 66.6 Å². The summed E-state index contributed by atoms with van der Waals surface area (Å²) in [6.45, 7) is 5.20. The van der Waals surface area contributed by atoms with Gasteiger partial charge in [-0.15, -0.1) is 0 Å². The summed E-state index contributed by atoms with van der Waals surface area (Å²) >= 11 is 0. The summed E-state index contributed by atoms with van der Waals surface area (Å²) in [5, 5.41) is 11.0. The molecule has 0 aromatic heterocycles. The van der Waals surface area contributed by atoms with Crippen molar-refractivity contribution in [3.05, 3.63) is 0 Å². The van der Waals surface area contributed by atoms with Crippen LogP contribution in [0, 0.1) is 11.3 Å². The number of ether oxygens (including phenoxy) is 1. The summed E-state index contributed by atoms with van der Waals surface area (Å²) in [7, 11) is 0. The first-order valence-corrected chi connectivity index (χ1v) is 4.88. The van der Waals surface area contributed by atoms with Crippen LogP contribution in [-0.4, -0.2) is 45.3 Å². The smallest absolute Gasteiger partial charge is 0.234 e. The number of quaternary nitrogens is 1. The highest BCUT2D eigenvalue weighted by molar-refractivity contribution is 5.77. The monoisotopic (exact) mass is 198 g/mol. The third-order valence-electron chi connectivity index (χ3n) is 2.24. The third-order valence-corrected chi connectivity index (χ3v) is 2.24. The van der Waals surface area contributed by atoms with Gasteiger partial charge in [0.05, 0.1) is 32.4 Å². The highest BCUT2D eigenvalue weighted by atomic mass is 16.5. The van der Waals surface area contributed by atoms with E-state index in [0.717, 1.165) is 32.8 Å². The largest absolute Gasteiger partial charge is 0.370 e. The number of hydrogen-bond acceptors (Lipinski definition) is 3. The lowest BCUT2D eigenvalue weighted by Crippen LogP contribution is -3.14. The number of amides is 1. The zero-order valence-electron chi connectivity index (χ0n) is 8.21. The molecule has 1 fully saturated rings. The number of carbonyl (C=O) groups is 1. The van der Waals surface area contributed by atoms with Gasteiger partial charge in [-0.05, 0) is 0 Å². The lowest BCUT2D eigenvalue weighted by atomic mass is 10.4. The number of morpholine rings is 1. The molecule has 1 saturated heterocycles. The third kappa shape index (κ3) is 4.21. The molecule has 0 unspecified atom stereocenters. The summed E-state index contributed by atoms with van der Waals surface area (Å²) in [6, 6.07) is 1.82. The number of nitriles is 1. The van der Waals surface area contributed by atoms with Crippen LogP contribution in [0.3, 0.4) is 0 Å². The Hall–Kier alpha value is -1.12. The summed E-state index contributed by atoms with van der Waals surface area (Å²) in [5.41, 5.74) is 0. The first-order chi connectivity index (χ1) is 6.83. The molecule has 0 radical (unpaired) electrons. The molecule has 1 rings (SSSR count). The molecule has 0 saturated carbocycles. The van der Waals surface area contributed by atoms with Gasteiger partial charge in [-0.25, -0.2) is 0 Å². The van der Waals surface area contributed by atoms with E-state index in [1.807, 2.05) is 6.07 Å². The van der Waals surface area contributed by atoms with E-state index in [0.29, 0.717) is 6.54 Å². The van der Waals surface area contributed by atoms with Crippen molar-refractivity contribution in [1.82, 2.24) is 5.32 Å². The van der Waals surface area contributed by atoms with Crippen molar-refractivity contribution in [3.8, 4) is 6.07 Å². The highest BCUT2D eigenvalue weighted by Crippen LogP contribution is 1.75. The molecule has 5 heteroatoms. The zero-order valence-corrected chi connectivity index (χ0v) is 8.21. The van der Waals surface area contributed by atoms with Crippen LogP contribution in [0.2, 0.25) is 0 Å². The fourth-order valence-electron chi connectivity index (χ4n) is 1.42. The van der Waals surface area contributed by atoms with Crippen molar-refractivity contribution in [3.63, 3.8) is 0 Å². The van der Waals surface area contributed by atoms with Crippen LogP contribution in [0.1, 0.15) is 6.42 Å². The maximum Gasteiger partial charge on any atom is 0.234 e. The van der Waals surface area contributed by atoms with E-state index in [1.54, 1.807) is 0 Å². The van der Waals surface area contributed by atoms with Gasteiger partial charge in [-0.3, -0.25) is 4.79 Å². The fourth-order valence-corrected chi connectivity index (χ4v) is 1.42. The Kier molecular flexibility index (Phi) is 4.97. The Morgan fingerprint density at radius 3 is 2.86 bits per heavy atom. The zero-order chi connectivity index (χ0) is 10.2. The first-order valence-electron chi connectivity index (χ1n) is 4.88. The number of hydrogen-bond donors (Lipinski definition) is 2. The van der Waals surface area contributed by atoms with Crippen LogP contribution >= 0.6 is 0 Å². The highest BCUT2D eigenvalue weighted by Gasteiger charge is 2.13. The van der Waals surface area contributed by atoms with Crippen molar-refractivity contribution in [1.29, 1.82) is 5.26 Å². The Bertz CT molecular complexity index is 219. The first kappa shape index (κ1) is 11.0. The average Bonchev–Trinajstić information content (AvgIpc) is 2.20. The van der Waals surface area contributed by atoms with Crippen molar-refractivity contribution in [2.24, 2.45) is 0 Å². The predicted molar refractivity (Wildman–Crippen MR) is 49.6 cm³/mol. The molecule has 1 heterocycles. The lowest BCUT2D eigenvalue weighted by Gasteiger charge is -2.23. The second kappa shape index (κ2) is 6.35. The molecular weight excluding hydrogens is 182 g/mol. The van der Waals surface area contributed by atoms with Gasteiger partial charge in [0.25, 0.3) is 0 Å². The quantitative estimate of drug-likeness (QED) is 0.545. The standard InChI is InChI=1S/C9H15N3O2/c10-2-1-9(13)11-3-4-12-5-7-14-8-6-12/h1,3-8H2,(H,11,13)/p+1. The van der Waals surface area contributed by atoms with E-state index < -0.39 is 0 Å². The normalized spacial score (nSPS) is 17.4. The Labute approximate surface area is 83.6 Å². The van der Waals surface area contributed by atoms with Crippen molar-refractivity contribution in [2.45, 2.75) is 6.42 Å². The second-order valence-electron chi connectivity index (χ2n) is 3.30. The Balaban J connectivity index is 2.03. The molecule has 0 aromatic carbocycles. The van der Waals surface area contributed by atoms with Gasteiger partial charge in [-0.1, -0.05) is 0 Å². The summed E-state index contributed by atoms with van der Waals surface area (Å²) in [5.74, 6) is -0.180. The number of carbonyl (C=O) groups excluding carboxylic acids is 1. The lowest BCUT2D eigenvalue weighted by molar-refractivity contribution is -0.906. The molecule has 2 N–H and O–H groups in total. The van der Waals surface area contributed by atoms with Crippen LogP contribution in [0.15, 0.2) is 0 Å². The van der Waals surface area contributed by atoms with E-state index >= 15 is 0 Å². The molecule has 5 nitrogen and oxygen atoms in total. The van der Waals surface area contributed by atoms with E-state index in [-0.39, 0.29) is 12.3 Å². The molecule has 0 aromatic rings. The van der Waals surface area contributed by atoms with Crippen LogP contribution in [0.5, 0.6) is 0 Å². The maximum absolute atomic E-state index is 10.9. The molecule has 0 aliphatic carbocycles. The summed E-state index contributed by atoms with van der Waals surface area (Å²) in [4.78, 5) is 12.4. The van der Waals surface area contributed by atoms with Crippen LogP contribution in [0.25, 0.3) is 0 Å².